The van der Waals surface area contributed by atoms with Gasteiger partial charge in [0, 0.05) is 0 Å². The Labute approximate surface area is 129 Å². The molecular formula is C16H20N2O4. The van der Waals surface area contributed by atoms with Crippen LogP contribution in [-0.4, -0.2) is 49.3 Å². The molecule has 0 bridgehead atoms. The fourth-order valence-corrected chi connectivity index (χ4v) is 3.02. The molecule has 6 heteroatoms. The molecule has 3 rings (SSSR count). The van der Waals surface area contributed by atoms with Crippen LogP contribution in [0.25, 0.3) is 0 Å². The molecule has 2 atom stereocenters. The summed E-state index contributed by atoms with van der Waals surface area (Å²) in [6.45, 7) is 5.33. The van der Waals surface area contributed by atoms with E-state index in [4.69, 9.17) is 9.47 Å². The SMILES string of the molecule is Cc1ccccc1[C@]1(C)NC(=O)N(C[C@@H]2COCCO2)C1=O. The molecule has 3 amide bonds. The zero-order valence-electron chi connectivity index (χ0n) is 12.8. The minimum atomic E-state index is -1.03. The standard InChI is InChI=1S/C16H20N2O4/c1-11-5-3-4-6-13(11)16(2)14(19)18(15(20)17-16)9-12-10-21-7-8-22-12/h3-6,12H,7-10H2,1-2H3,(H,17,20)/t12-,16+/m1/s1. The Balaban J connectivity index is 1.83. The lowest BCUT2D eigenvalue weighted by Gasteiger charge is -2.27. The van der Waals surface area contributed by atoms with Crippen LogP contribution in [0.4, 0.5) is 4.79 Å². The van der Waals surface area contributed by atoms with Crippen LogP contribution in [0.1, 0.15) is 18.1 Å². The lowest BCUT2D eigenvalue weighted by molar-refractivity contribution is -0.136. The quantitative estimate of drug-likeness (QED) is 0.852. The van der Waals surface area contributed by atoms with Crippen LogP contribution in [-0.2, 0) is 19.8 Å². The third-order valence-electron chi connectivity index (χ3n) is 4.23. The Morgan fingerprint density at radius 3 is 2.77 bits per heavy atom. The van der Waals surface area contributed by atoms with Gasteiger partial charge in [0.05, 0.1) is 32.5 Å². The predicted octanol–water partition coefficient (Wildman–Crippen LogP) is 1.18. The van der Waals surface area contributed by atoms with Crippen molar-refractivity contribution < 1.29 is 19.1 Å². The summed E-state index contributed by atoms with van der Waals surface area (Å²) in [5, 5.41) is 2.82. The van der Waals surface area contributed by atoms with Crippen molar-refractivity contribution in [3.05, 3.63) is 35.4 Å². The van der Waals surface area contributed by atoms with Gasteiger partial charge in [-0.1, -0.05) is 24.3 Å². The number of nitrogens with zero attached hydrogens (tertiary/aromatic N) is 1. The molecule has 1 N–H and O–H groups in total. The van der Waals surface area contributed by atoms with E-state index in [1.165, 1.54) is 4.90 Å². The van der Waals surface area contributed by atoms with E-state index >= 15 is 0 Å². The van der Waals surface area contributed by atoms with Gasteiger partial charge in [0.2, 0.25) is 0 Å². The normalized spacial score (nSPS) is 28.8. The number of aryl methyl sites for hydroxylation is 1. The van der Waals surface area contributed by atoms with Crippen LogP contribution < -0.4 is 5.32 Å². The van der Waals surface area contributed by atoms with E-state index in [1.807, 2.05) is 31.2 Å². The van der Waals surface area contributed by atoms with Crippen molar-refractivity contribution in [1.82, 2.24) is 10.2 Å². The van der Waals surface area contributed by atoms with Gasteiger partial charge in [-0.25, -0.2) is 4.79 Å². The molecule has 0 saturated carbocycles. The summed E-state index contributed by atoms with van der Waals surface area (Å²) in [7, 11) is 0. The van der Waals surface area contributed by atoms with Gasteiger partial charge in [-0.2, -0.15) is 0 Å². The molecule has 0 aliphatic carbocycles. The number of rotatable bonds is 3. The summed E-state index contributed by atoms with van der Waals surface area (Å²) in [6.07, 6.45) is -0.261. The predicted molar refractivity (Wildman–Crippen MR) is 79.3 cm³/mol. The van der Waals surface area contributed by atoms with Gasteiger partial charge in [0.15, 0.2) is 0 Å². The first-order valence-corrected chi connectivity index (χ1v) is 7.42. The molecule has 1 aromatic rings. The number of amides is 3. The van der Waals surface area contributed by atoms with Crippen molar-refractivity contribution in [1.29, 1.82) is 0 Å². The number of benzene rings is 1. The highest BCUT2D eigenvalue weighted by Crippen LogP contribution is 2.31. The second-order valence-electron chi connectivity index (χ2n) is 5.85. The molecular weight excluding hydrogens is 284 g/mol. The van der Waals surface area contributed by atoms with Gasteiger partial charge in [0.25, 0.3) is 5.91 Å². The smallest absolute Gasteiger partial charge is 0.325 e. The molecule has 1 aromatic carbocycles. The van der Waals surface area contributed by atoms with E-state index in [0.29, 0.717) is 19.8 Å². The number of imide groups is 1. The van der Waals surface area contributed by atoms with E-state index < -0.39 is 5.54 Å². The molecule has 118 valence electrons. The summed E-state index contributed by atoms with van der Waals surface area (Å²) >= 11 is 0. The number of hydrogen-bond donors (Lipinski definition) is 1. The maximum atomic E-state index is 12.8. The Bertz CT molecular complexity index is 598. The van der Waals surface area contributed by atoms with Gasteiger partial charge in [-0.15, -0.1) is 0 Å². The number of nitrogens with one attached hydrogen (secondary N) is 1. The molecule has 2 fully saturated rings. The first kappa shape index (κ1) is 15.0. The van der Waals surface area contributed by atoms with Crippen LogP contribution in [0.15, 0.2) is 24.3 Å². The van der Waals surface area contributed by atoms with Crippen molar-refractivity contribution in [3.8, 4) is 0 Å². The van der Waals surface area contributed by atoms with E-state index in [1.54, 1.807) is 6.92 Å². The summed E-state index contributed by atoms with van der Waals surface area (Å²) in [4.78, 5) is 26.3. The lowest BCUT2D eigenvalue weighted by Crippen LogP contribution is -2.44. The highest BCUT2D eigenvalue weighted by atomic mass is 16.6. The molecule has 2 saturated heterocycles. The van der Waals surface area contributed by atoms with E-state index in [-0.39, 0.29) is 24.6 Å². The van der Waals surface area contributed by atoms with Crippen molar-refractivity contribution in [3.63, 3.8) is 0 Å². The zero-order chi connectivity index (χ0) is 15.7. The largest absolute Gasteiger partial charge is 0.376 e. The zero-order valence-corrected chi connectivity index (χ0v) is 12.8. The fraction of sp³-hybridized carbons (Fsp3) is 0.500. The minimum Gasteiger partial charge on any atom is -0.376 e. The Morgan fingerprint density at radius 2 is 2.09 bits per heavy atom. The Hall–Kier alpha value is -1.92. The average molecular weight is 304 g/mol. The number of hydrogen-bond acceptors (Lipinski definition) is 4. The maximum absolute atomic E-state index is 12.8. The van der Waals surface area contributed by atoms with E-state index in [2.05, 4.69) is 5.32 Å². The Kier molecular flexibility index (Phi) is 3.88. The number of carbonyl (C=O) groups is 2. The van der Waals surface area contributed by atoms with Crippen molar-refractivity contribution in [2.45, 2.75) is 25.5 Å². The second kappa shape index (κ2) is 5.70. The fourth-order valence-electron chi connectivity index (χ4n) is 3.02. The van der Waals surface area contributed by atoms with Gasteiger partial charge in [-0.3, -0.25) is 9.69 Å². The third kappa shape index (κ3) is 2.48. The Morgan fingerprint density at radius 1 is 1.32 bits per heavy atom. The summed E-state index contributed by atoms with van der Waals surface area (Å²) in [5.41, 5.74) is 0.757. The minimum absolute atomic E-state index is 0.214. The van der Waals surface area contributed by atoms with Crippen LogP contribution in [0.3, 0.4) is 0 Å². The number of carbonyl (C=O) groups excluding carboxylic acids is 2. The van der Waals surface area contributed by atoms with Crippen molar-refractivity contribution in [2.75, 3.05) is 26.4 Å². The topological polar surface area (TPSA) is 67.9 Å². The summed E-state index contributed by atoms with van der Waals surface area (Å²) in [5.74, 6) is -0.249. The van der Waals surface area contributed by atoms with E-state index in [9.17, 15) is 9.59 Å². The highest BCUT2D eigenvalue weighted by Gasteiger charge is 2.50. The molecule has 6 nitrogen and oxygen atoms in total. The molecule has 0 spiro atoms. The number of ether oxygens (including phenoxy) is 2. The molecule has 0 unspecified atom stereocenters. The van der Waals surface area contributed by atoms with Gasteiger partial charge < -0.3 is 14.8 Å². The summed E-state index contributed by atoms with van der Waals surface area (Å²) < 4.78 is 10.9. The van der Waals surface area contributed by atoms with Crippen molar-refractivity contribution >= 4 is 11.9 Å². The molecule has 22 heavy (non-hydrogen) atoms. The lowest BCUT2D eigenvalue weighted by atomic mass is 9.88. The molecule has 2 aliphatic heterocycles. The third-order valence-corrected chi connectivity index (χ3v) is 4.23. The maximum Gasteiger partial charge on any atom is 0.325 e. The number of urea groups is 1. The molecule has 0 radical (unpaired) electrons. The molecule has 0 aromatic heterocycles. The first-order chi connectivity index (χ1) is 10.5. The monoisotopic (exact) mass is 304 g/mol. The van der Waals surface area contributed by atoms with Crippen LogP contribution in [0.2, 0.25) is 0 Å². The molecule has 2 heterocycles. The summed E-state index contributed by atoms with van der Waals surface area (Å²) in [6, 6.07) is 7.20. The van der Waals surface area contributed by atoms with Crippen molar-refractivity contribution in [2.24, 2.45) is 0 Å². The van der Waals surface area contributed by atoms with Crippen LogP contribution in [0.5, 0.6) is 0 Å². The molecule has 2 aliphatic rings. The van der Waals surface area contributed by atoms with Gasteiger partial charge in [-0.05, 0) is 25.0 Å². The van der Waals surface area contributed by atoms with Crippen LogP contribution in [0, 0.1) is 6.92 Å². The van der Waals surface area contributed by atoms with Gasteiger partial charge >= 0.3 is 6.03 Å². The first-order valence-electron chi connectivity index (χ1n) is 7.42. The van der Waals surface area contributed by atoms with Gasteiger partial charge in [0.1, 0.15) is 5.54 Å². The average Bonchev–Trinajstić information content (AvgIpc) is 2.73. The highest BCUT2D eigenvalue weighted by molar-refractivity contribution is 6.07. The van der Waals surface area contributed by atoms with E-state index in [0.717, 1.165) is 11.1 Å². The van der Waals surface area contributed by atoms with Crippen LogP contribution >= 0.6 is 0 Å². The second-order valence-corrected chi connectivity index (χ2v) is 5.85.